The van der Waals surface area contributed by atoms with Gasteiger partial charge in [-0.25, -0.2) is 4.98 Å². The van der Waals surface area contributed by atoms with Crippen LogP contribution in [0.5, 0.6) is 5.88 Å². The van der Waals surface area contributed by atoms with Crippen molar-refractivity contribution in [3.8, 4) is 17.0 Å². The SMILES string of the molecule is COc1cccc(CC2CCN(c3ccc(-c4cn[nH]c4)cc3)C2=O)n1. The molecule has 2 aromatic heterocycles. The predicted molar refractivity (Wildman–Crippen MR) is 99.0 cm³/mol. The third-order valence-corrected chi connectivity index (χ3v) is 4.77. The van der Waals surface area contributed by atoms with Crippen LogP contribution in [0.15, 0.2) is 54.9 Å². The molecule has 3 heterocycles. The Morgan fingerprint density at radius 3 is 2.77 bits per heavy atom. The molecule has 6 heteroatoms. The number of hydrogen-bond donors (Lipinski definition) is 1. The number of pyridine rings is 1. The summed E-state index contributed by atoms with van der Waals surface area (Å²) in [6.07, 6.45) is 5.11. The van der Waals surface area contributed by atoms with E-state index in [1.165, 1.54) is 0 Å². The molecule has 1 saturated heterocycles. The van der Waals surface area contributed by atoms with Gasteiger partial charge in [0.1, 0.15) is 0 Å². The van der Waals surface area contributed by atoms with E-state index in [2.05, 4.69) is 15.2 Å². The molecule has 1 amide bonds. The third-order valence-electron chi connectivity index (χ3n) is 4.77. The second kappa shape index (κ2) is 7.00. The van der Waals surface area contributed by atoms with Crippen molar-refractivity contribution in [2.75, 3.05) is 18.6 Å². The lowest BCUT2D eigenvalue weighted by Crippen LogP contribution is -2.27. The van der Waals surface area contributed by atoms with Crippen molar-refractivity contribution in [2.24, 2.45) is 5.92 Å². The van der Waals surface area contributed by atoms with Gasteiger partial charge in [0.05, 0.1) is 13.3 Å². The third kappa shape index (κ3) is 3.18. The molecule has 4 rings (SSSR count). The molecule has 132 valence electrons. The average Bonchev–Trinajstić information content (AvgIpc) is 3.33. The molecule has 26 heavy (non-hydrogen) atoms. The van der Waals surface area contributed by atoms with E-state index in [9.17, 15) is 4.79 Å². The number of carbonyl (C=O) groups excluding carboxylic acids is 1. The van der Waals surface area contributed by atoms with Crippen LogP contribution < -0.4 is 9.64 Å². The molecule has 1 N–H and O–H groups in total. The highest BCUT2D eigenvalue weighted by Crippen LogP contribution is 2.29. The Morgan fingerprint density at radius 2 is 2.04 bits per heavy atom. The van der Waals surface area contributed by atoms with E-state index in [0.29, 0.717) is 12.3 Å². The van der Waals surface area contributed by atoms with Gasteiger partial charge < -0.3 is 9.64 Å². The van der Waals surface area contributed by atoms with Crippen molar-refractivity contribution in [1.82, 2.24) is 15.2 Å². The monoisotopic (exact) mass is 348 g/mol. The van der Waals surface area contributed by atoms with Crippen molar-refractivity contribution in [2.45, 2.75) is 12.8 Å². The first kappa shape index (κ1) is 16.3. The molecule has 0 aliphatic carbocycles. The Hall–Kier alpha value is -3.15. The van der Waals surface area contributed by atoms with Gasteiger partial charge in [0.15, 0.2) is 0 Å². The number of amides is 1. The minimum atomic E-state index is -0.0387. The Balaban J connectivity index is 1.46. The van der Waals surface area contributed by atoms with Crippen LogP contribution in [0, 0.1) is 5.92 Å². The van der Waals surface area contributed by atoms with Crippen LogP contribution in [0.2, 0.25) is 0 Å². The van der Waals surface area contributed by atoms with E-state index >= 15 is 0 Å². The molecular formula is C20H20N4O2. The molecule has 1 unspecified atom stereocenters. The highest BCUT2D eigenvalue weighted by atomic mass is 16.5. The number of nitrogens with zero attached hydrogens (tertiary/aromatic N) is 3. The van der Waals surface area contributed by atoms with Gasteiger partial charge in [-0.15, -0.1) is 0 Å². The van der Waals surface area contributed by atoms with Gasteiger partial charge in [-0.05, 0) is 30.2 Å². The largest absolute Gasteiger partial charge is 0.481 e. The molecule has 0 bridgehead atoms. The number of aromatic nitrogens is 3. The number of nitrogens with one attached hydrogen (secondary N) is 1. The second-order valence-corrected chi connectivity index (χ2v) is 6.38. The van der Waals surface area contributed by atoms with Crippen molar-refractivity contribution in [3.63, 3.8) is 0 Å². The number of H-pyrrole nitrogens is 1. The number of carbonyl (C=O) groups is 1. The minimum Gasteiger partial charge on any atom is -0.481 e. The summed E-state index contributed by atoms with van der Waals surface area (Å²) in [5.74, 6) is 0.702. The van der Waals surface area contributed by atoms with Crippen molar-refractivity contribution in [1.29, 1.82) is 0 Å². The van der Waals surface area contributed by atoms with Crippen molar-refractivity contribution >= 4 is 11.6 Å². The van der Waals surface area contributed by atoms with Gasteiger partial charge in [0.2, 0.25) is 11.8 Å². The van der Waals surface area contributed by atoms with E-state index in [1.54, 1.807) is 13.3 Å². The van der Waals surface area contributed by atoms with Crippen LogP contribution in [0.3, 0.4) is 0 Å². The van der Waals surface area contributed by atoms with Gasteiger partial charge in [0, 0.05) is 48.1 Å². The molecule has 3 aromatic rings. The first-order chi connectivity index (χ1) is 12.7. The van der Waals surface area contributed by atoms with E-state index in [-0.39, 0.29) is 11.8 Å². The Bertz CT molecular complexity index is 890. The summed E-state index contributed by atoms with van der Waals surface area (Å²) in [4.78, 5) is 19.1. The van der Waals surface area contributed by atoms with Crippen LogP contribution >= 0.6 is 0 Å². The zero-order valence-electron chi connectivity index (χ0n) is 14.6. The van der Waals surface area contributed by atoms with Gasteiger partial charge in [-0.2, -0.15) is 5.10 Å². The van der Waals surface area contributed by atoms with E-state index in [0.717, 1.165) is 35.5 Å². The summed E-state index contributed by atoms with van der Waals surface area (Å²) >= 11 is 0. The lowest BCUT2D eigenvalue weighted by atomic mass is 10.0. The van der Waals surface area contributed by atoms with E-state index in [4.69, 9.17) is 4.74 Å². The smallest absolute Gasteiger partial charge is 0.230 e. The number of rotatable bonds is 5. The molecule has 1 aliphatic rings. The maximum absolute atomic E-state index is 12.8. The molecule has 1 fully saturated rings. The predicted octanol–water partition coefficient (Wildman–Crippen LogP) is 3.08. The molecule has 0 spiro atoms. The topological polar surface area (TPSA) is 71.1 Å². The molecule has 1 atom stereocenters. The lowest BCUT2D eigenvalue weighted by molar-refractivity contribution is -0.120. The minimum absolute atomic E-state index is 0.0387. The van der Waals surface area contributed by atoms with Gasteiger partial charge in [-0.3, -0.25) is 9.89 Å². The molecule has 1 aromatic carbocycles. The number of aromatic amines is 1. The van der Waals surface area contributed by atoms with E-state index in [1.807, 2.05) is 53.6 Å². The van der Waals surface area contributed by atoms with Gasteiger partial charge >= 0.3 is 0 Å². The maximum Gasteiger partial charge on any atom is 0.230 e. The van der Waals surface area contributed by atoms with Crippen molar-refractivity contribution < 1.29 is 9.53 Å². The first-order valence-electron chi connectivity index (χ1n) is 8.65. The highest BCUT2D eigenvalue weighted by molar-refractivity contribution is 5.97. The van der Waals surface area contributed by atoms with Crippen LogP contribution in [-0.2, 0) is 11.2 Å². The zero-order valence-corrected chi connectivity index (χ0v) is 14.6. The van der Waals surface area contributed by atoms with Crippen LogP contribution in [0.4, 0.5) is 5.69 Å². The summed E-state index contributed by atoms with van der Waals surface area (Å²) in [6.45, 7) is 0.735. The average molecular weight is 348 g/mol. The van der Waals surface area contributed by atoms with Crippen molar-refractivity contribution in [3.05, 3.63) is 60.6 Å². The van der Waals surface area contributed by atoms with Crippen LogP contribution in [0.25, 0.3) is 11.1 Å². The number of anilines is 1. The fourth-order valence-electron chi connectivity index (χ4n) is 3.36. The molecule has 0 saturated carbocycles. The summed E-state index contributed by atoms with van der Waals surface area (Å²) in [5, 5.41) is 6.78. The Morgan fingerprint density at radius 1 is 1.19 bits per heavy atom. The second-order valence-electron chi connectivity index (χ2n) is 6.38. The first-order valence-corrected chi connectivity index (χ1v) is 8.65. The van der Waals surface area contributed by atoms with Gasteiger partial charge in [-0.1, -0.05) is 18.2 Å². The normalized spacial score (nSPS) is 16.9. The van der Waals surface area contributed by atoms with Crippen LogP contribution in [0.1, 0.15) is 12.1 Å². The summed E-state index contributed by atoms with van der Waals surface area (Å²) in [6, 6.07) is 13.7. The quantitative estimate of drug-likeness (QED) is 0.769. The van der Waals surface area contributed by atoms with Crippen LogP contribution in [-0.4, -0.2) is 34.7 Å². The number of methoxy groups -OCH3 is 1. The van der Waals surface area contributed by atoms with E-state index < -0.39 is 0 Å². The maximum atomic E-state index is 12.8. The fourth-order valence-corrected chi connectivity index (χ4v) is 3.36. The number of hydrogen-bond acceptors (Lipinski definition) is 4. The molecule has 0 radical (unpaired) electrons. The molecular weight excluding hydrogens is 328 g/mol. The Labute approximate surface area is 151 Å². The number of ether oxygens (including phenoxy) is 1. The zero-order chi connectivity index (χ0) is 17.9. The molecule has 1 aliphatic heterocycles. The Kier molecular flexibility index (Phi) is 4.39. The molecule has 6 nitrogen and oxygen atoms in total. The highest BCUT2D eigenvalue weighted by Gasteiger charge is 2.32. The fraction of sp³-hybridized carbons (Fsp3) is 0.250. The van der Waals surface area contributed by atoms with Gasteiger partial charge in [0.25, 0.3) is 0 Å². The number of benzene rings is 1. The standard InChI is InChI=1S/C20H20N4O2/c1-26-19-4-2-3-17(23-19)11-15-9-10-24(20(15)25)18-7-5-14(6-8-18)16-12-21-22-13-16/h2-8,12-13,15H,9-11H2,1H3,(H,21,22). The lowest BCUT2D eigenvalue weighted by Gasteiger charge is -2.17. The summed E-state index contributed by atoms with van der Waals surface area (Å²) in [7, 11) is 1.60. The summed E-state index contributed by atoms with van der Waals surface area (Å²) < 4.78 is 5.17. The summed E-state index contributed by atoms with van der Waals surface area (Å²) in [5.41, 5.74) is 3.93.